The zero-order chi connectivity index (χ0) is 13.7. The van der Waals surface area contributed by atoms with E-state index in [9.17, 15) is 4.79 Å². The number of aromatic nitrogens is 2. The molecule has 1 aromatic carbocycles. The summed E-state index contributed by atoms with van der Waals surface area (Å²) in [7, 11) is 0. The van der Waals surface area contributed by atoms with Crippen LogP contribution in [0.25, 0.3) is 0 Å². The minimum atomic E-state index is -0.103. The number of aromatic amines is 1. The smallest absolute Gasteiger partial charge is 0.266 e. The summed E-state index contributed by atoms with van der Waals surface area (Å²) in [5, 5.41) is 3.22. The first-order valence-electron chi connectivity index (χ1n) is 6.20. The Kier molecular flexibility index (Phi) is 4.95. The molecular formula is C14H16IN3O. The fraction of sp³-hybridized carbons (Fsp3) is 0.286. The molecule has 1 aromatic heterocycles. The molecule has 0 aliphatic carbocycles. The van der Waals surface area contributed by atoms with Crippen LogP contribution in [0.1, 0.15) is 24.8 Å². The Morgan fingerprint density at radius 3 is 2.84 bits per heavy atom. The van der Waals surface area contributed by atoms with Gasteiger partial charge in [0.05, 0.1) is 6.33 Å². The van der Waals surface area contributed by atoms with Crippen molar-refractivity contribution in [2.24, 2.45) is 0 Å². The van der Waals surface area contributed by atoms with Gasteiger partial charge in [0.25, 0.3) is 5.56 Å². The third kappa shape index (κ3) is 3.79. The molecule has 2 rings (SSSR count). The number of rotatable bonds is 5. The number of nitrogens with zero attached hydrogens (tertiary/aromatic N) is 1. The van der Waals surface area contributed by atoms with E-state index in [0.717, 1.165) is 13.0 Å². The van der Waals surface area contributed by atoms with E-state index in [1.807, 2.05) is 28.7 Å². The van der Waals surface area contributed by atoms with Crippen molar-refractivity contribution in [1.82, 2.24) is 9.97 Å². The van der Waals surface area contributed by atoms with Crippen molar-refractivity contribution in [3.63, 3.8) is 0 Å². The molecule has 4 nitrogen and oxygen atoms in total. The normalized spacial score (nSPS) is 12.1. The molecule has 0 saturated heterocycles. The molecule has 0 fully saturated rings. The van der Waals surface area contributed by atoms with Crippen LogP contribution in [0.4, 0.5) is 5.82 Å². The molecule has 2 N–H and O–H groups in total. The van der Waals surface area contributed by atoms with Crippen molar-refractivity contribution in [2.45, 2.75) is 19.3 Å². The lowest BCUT2D eigenvalue weighted by molar-refractivity contribution is 0.704. The van der Waals surface area contributed by atoms with Crippen molar-refractivity contribution in [3.05, 3.63) is 56.1 Å². The molecule has 0 aliphatic heterocycles. The Morgan fingerprint density at radius 1 is 1.37 bits per heavy atom. The van der Waals surface area contributed by atoms with Crippen molar-refractivity contribution in [2.75, 3.05) is 11.9 Å². The first kappa shape index (κ1) is 14.0. The lowest BCUT2D eigenvalue weighted by atomic mass is 9.98. The molecule has 0 saturated carbocycles. The van der Waals surface area contributed by atoms with Crippen LogP contribution in [0.5, 0.6) is 0 Å². The lowest BCUT2D eigenvalue weighted by Crippen LogP contribution is -2.16. The van der Waals surface area contributed by atoms with Crippen LogP contribution in [-0.2, 0) is 0 Å². The van der Waals surface area contributed by atoms with E-state index in [-0.39, 0.29) is 5.56 Å². The van der Waals surface area contributed by atoms with Gasteiger partial charge in [0.15, 0.2) is 0 Å². The largest absolute Gasteiger partial charge is 0.369 e. The van der Waals surface area contributed by atoms with Crippen LogP contribution in [0.3, 0.4) is 0 Å². The molecule has 2 aromatic rings. The van der Waals surface area contributed by atoms with Crippen LogP contribution < -0.4 is 10.9 Å². The summed E-state index contributed by atoms with van der Waals surface area (Å²) in [6, 6.07) is 10.4. The summed E-state index contributed by atoms with van der Waals surface area (Å²) in [5.41, 5.74) is 1.23. The maximum atomic E-state index is 11.4. The average molecular weight is 369 g/mol. The number of anilines is 1. The maximum absolute atomic E-state index is 11.4. The fourth-order valence-electron chi connectivity index (χ4n) is 1.86. The SMILES string of the molecule is CC(CCNc1nc[nH]c(=O)c1I)c1ccccc1. The van der Waals surface area contributed by atoms with Gasteiger partial charge in [0.2, 0.25) is 0 Å². The Morgan fingerprint density at radius 2 is 2.11 bits per heavy atom. The zero-order valence-electron chi connectivity index (χ0n) is 10.7. The number of hydrogen-bond donors (Lipinski definition) is 2. The molecule has 0 spiro atoms. The molecule has 0 bridgehead atoms. The van der Waals surface area contributed by atoms with Gasteiger partial charge in [-0.15, -0.1) is 0 Å². The zero-order valence-corrected chi connectivity index (χ0v) is 12.8. The van der Waals surface area contributed by atoms with Gasteiger partial charge >= 0.3 is 0 Å². The van der Waals surface area contributed by atoms with E-state index in [2.05, 4.69) is 46.5 Å². The third-order valence-corrected chi connectivity index (χ3v) is 4.04. The molecule has 1 atom stereocenters. The van der Waals surface area contributed by atoms with Crippen molar-refractivity contribution >= 4 is 28.4 Å². The molecule has 1 unspecified atom stereocenters. The number of halogens is 1. The van der Waals surface area contributed by atoms with Crippen LogP contribution >= 0.6 is 22.6 Å². The Balaban J connectivity index is 1.90. The second-order valence-electron chi connectivity index (χ2n) is 4.42. The highest BCUT2D eigenvalue weighted by Gasteiger charge is 2.07. The third-order valence-electron chi connectivity index (χ3n) is 3.03. The summed E-state index contributed by atoms with van der Waals surface area (Å²) in [5.74, 6) is 1.14. The molecule has 1 heterocycles. The minimum Gasteiger partial charge on any atom is -0.369 e. The van der Waals surface area contributed by atoms with Gasteiger partial charge in [-0.1, -0.05) is 37.3 Å². The van der Waals surface area contributed by atoms with E-state index in [0.29, 0.717) is 15.3 Å². The van der Waals surface area contributed by atoms with E-state index in [1.54, 1.807) is 0 Å². The number of H-pyrrole nitrogens is 1. The predicted molar refractivity (Wildman–Crippen MR) is 85.5 cm³/mol. The van der Waals surface area contributed by atoms with Gasteiger partial charge < -0.3 is 10.3 Å². The van der Waals surface area contributed by atoms with Crippen molar-refractivity contribution in [1.29, 1.82) is 0 Å². The monoisotopic (exact) mass is 369 g/mol. The minimum absolute atomic E-state index is 0.103. The highest BCUT2D eigenvalue weighted by molar-refractivity contribution is 14.1. The topological polar surface area (TPSA) is 57.8 Å². The molecule has 0 amide bonds. The lowest BCUT2D eigenvalue weighted by Gasteiger charge is -2.13. The van der Waals surface area contributed by atoms with Gasteiger partial charge in [-0.25, -0.2) is 4.98 Å². The number of nitrogens with one attached hydrogen (secondary N) is 2. The van der Waals surface area contributed by atoms with Gasteiger partial charge in [-0.05, 0) is 40.5 Å². The van der Waals surface area contributed by atoms with E-state index < -0.39 is 0 Å². The summed E-state index contributed by atoms with van der Waals surface area (Å²) in [6.07, 6.45) is 2.42. The Labute approximate surface area is 125 Å². The van der Waals surface area contributed by atoms with Crippen LogP contribution in [-0.4, -0.2) is 16.5 Å². The highest BCUT2D eigenvalue weighted by Crippen LogP contribution is 2.18. The molecule has 19 heavy (non-hydrogen) atoms. The van der Waals surface area contributed by atoms with Gasteiger partial charge in [0.1, 0.15) is 9.39 Å². The van der Waals surface area contributed by atoms with Crippen LogP contribution in [0, 0.1) is 3.57 Å². The second kappa shape index (κ2) is 6.70. The maximum Gasteiger partial charge on any atom is 0.266 e. The Hall–Kier alpha value is -1.37. The van der Waals surface area contributed by atoms with Gasteiger partial charge in [0, 0.05) is 6.54 Å². The quantitative estimate of drug-likeness (QED) is 0.797. The van der Waals surface area contributed by atoms with Gasteiger partial charge in [-0.2, -0.15) is 0 Å². The predicted octanol–water partition coefficient (Wildman–Crippen LogP) is 2.98. The first-order valence-corrected chi connectivity index (χ1v) is 7.28. The Bertz CT molecular complexity index is 583. The molecule has 5 heteroatoms. The van der Waals surface area contributed by atoms with E-state index in [4.69, 9.17) is 0 Å². The van der Waals surface area contributed by atoms with Crippen molar-refractivity contribution < 1.29 is 0 Å². The van der Waals surface area contributed by atoms with Crippen molar-refractivity contribution in [3.8, 4) is 0 Å². The average Bonchev–Trinajstić information content (AvgIpc) is 2.44. The molecular weight excluding hydrogens is 353 g/mol. The summed E-state index contributed by atoms with van der Waals surface area (Å²) in [4.78, 5) is 18.1. The first-order chi connectivity index (χ1) is 9.18. The van der Waals surface area contributed by atoms with E-state index in [1.165, 1.54) is 11.9 Å². The molecule has 0 radical (unpaired) electrons. The second-order valence-corrected chi connectivity index (χ2v) is 5.50. The summed E-state index contributed by atoms with van der Waals surface area (Å²) < 4.78 is 0.604. The summed E-state index contributed by atoms with van der Waals surface area (Å²) in [6.45, 7) is 3.00. The fourth-order valence-corrected chi connectivity index (χ4v) is 2.35. The summed E-state index contributed by atoms with van der Waals surface area (Å²) >= 11 is 2.00. The van der Waals surface area contributed by atoms with Crippen LogP contribution in [0.2, 0.25) is 0 Å². The number of hydrogen-bond acceptors (Lipinski definition) is 3. The standard InChI is InChI=1S/C14H16IN3O/c1-10(11-5-3-2-4-6-11)7-8-16-13-12(15)14(19)18-9-17-13/h2-6,9-10H,7-8H2,1H3,(H2,16,17,18,19). The molecule has 100 valence electrons. The van der Waals surface area contributed by atoms with E-state index >= 15 is 0 Å². The highest BCUT2D eigenvalue weighted by atomic mass is 127. The number of benzene rings is 1. The van der Waals surface area contributed by atoms with Gasteiger partial charge in [-0.3, -0.25) is 4.79 Å². The van der Waals surface area contributed by atoms with Crippen LogP contribution in [0.15, 0.2) is 41.5 Å². The molecule has 0 aliphatic rings.